The molecule has 1 N–H and O–H groups in total. The number of likely N-dealkylation sites (N-methyl/N-ethyl adjacent to an activating group) is 1. The number of hydrogen-bond acceptors (Lipinski definition) is 8. The first-order valence-electron chi connectivity index (χ1n) is 13.8. The SMILES string of the molecule is CCN(CC)C(=O)C1=C(C)N=c2s/c(=C/c3ccc(N(CC)CC)cc3O)c(=O)n2[C@@H]1c1cc(OC)ccc1OC. The molecule has 0 saturated carbocycles. The van der Waals surface area contributed by atoms with Gasteiger partial charge < -0.3 is 24.4 Å². The molecule has 1 atom stereocenters. The number of allylic oxidation sites excluding steroid dienone is 1. The first-order valence-corrected chi connectivity index (χ1v) is 14.7. The molecule has 0 bridgehead atoms. The number of nitrogens with zero attached hydrogens (tertiary/aromatic N) is 4. The van der Waals surface area contributed by atoms with Crippen LogP contribution in [0, 0.1) is 0 Å². The third-order valence-corrected chi connectivity index (χ3v) is 8.45. The fraction of sp³-hybridized carbons (Fsp3) is 0.387. The Kier molecular flexibility index (Phi) is 9.22. The minimum Gasteiger partial charge on any atom is -0.507 e. The van der Waals surface area contributed by atoms with Gasteiger partial charge in [0.15, 0.2) is 4.80 Å². The van der Waals surface area contributed by atoms with Crippen molar-refractivity contribution in [2.75, 3.05) is 45.3 Å². The number of phenolic OH excluding ortho intramolecular Hbond substituents is 1. The van der Waals surface area contributed by atoms with Crippen molar-refractivity contribution in [2.45, 2.75) is 40.7 Å². The first-order chi connectivity index (χ1) is 19.7. The van der Waals surface area contributed by atoms with E-state index in [9.17, 15) is 14.7 Å². The predicted molar refractivity (Wildman–Crippen MR) is 163 cm³/mol. The highest BCUT2D eigenvalue weighted by atomic mass is 32.1. The Morgan fingerprint density at radius 1 is 1.05 bits per heavy atom. The van der Waals surface area contributed by atoms with Gasteiger partial charge in [0, 0.05) is 49.1 Å². The summed E-state index contributed by atoms with van der Waals surface area (Å²) in [6.45, 7) is 12.4. The van der Waals surface area contributed by atoms with Gasteiger partial charge in [-0.05, 0) is 71.0 Å². The van der Waals surface area contributed by atoms with Gasteiger partial charge in [-0.1, -0.05) is 11.3 Å². The molecule has 1 amide bonds. The van der Waals surface area contributed by atoms with Crippen molar-refractivity contribution in [2.24, 2.45) is 4.99 Å². The Morgan fingerprint density at radius 2 is 1.76 bits per heavy atom. The molecule has 1 aliphatic rings. The van der Waals surface area contributed by atoms with Gasteiger partial charge in [0.05, 0.1) is 30.0 Å². The van der Waals surface area contributed by atoms with Crippen LogP contribution in [0.3, 0.4) is 0 Å². The number of phenols is 1. The van der Waals surface area contributed by atoms with Crippen LogP contribution < -0.4 is 29.3 Å². The number of fused-ring (bicyclic) bond motifs is 1. The van der Waals surface area contributed by atoms with E-state index >= 15 is 0 Å². The topological polar surface area (TPSA) is 96.6 Å². The molecule has 2 aromatic carbocycles. The molecule has 1 aliphatic heterocycles. The number of carbonyl (C=O) groups excluding carboxylic acids is 1. The second-order valence-electron chi connectivity index (χ2n) is 9.58. The molecule has 10 heteroatoms. The molecular weight excluding hydrogens is 540 g/mol. The zero-order valence-electron chi connectivity index (χ0n) is 24.7. The largest absolute Gasteiger partial charge is 0.507 e. The van der Waals surface area contributed by atoms with E-state index in [0.717, 1.165) is 18.8 Å². The van der Waals surface area contributed by atoms with Gasteiger partial charge in [-0.25, -0.2) is 4.99 Å². The molecule has 3 aromatic rings. The molecule has 4 rings (SSSR count). The Labute approximate surface area is 244 Å². The highest BCUT2D eigenvalue weighted by Crippen LogP contribution is 2.38. The first kappa shape index (κ1) is 29.9. The lowest BCUT2D eigenvalue weighted by molar-refractivity contribution is -0.127. The van der Waals surface area contributed by atoms with E-state index in [2.05, 4.69) is 18.7 Å². The molecule has 9 nitrogen and oxygen atoms in total. The lowest BCUT2D eigenvalue weighted by atomic mass is 9.93. The number of benzene rings is 2. The summed E-state index contributed by atoms with van der Waals surface area (Å²) in [7, 11) is 3.13. The zero-order chi connectivity index (χ0) is 29.8. The van der Waals surface area contributed by atoms with E-state index < -0.39 is 6.04 Å². The fourth-order valence-corrected chi connectivity index (χ4v) is 6.24. The summed E-state index contributed by atoms with van der Waals surface area (Å²) in [5, 5.41) is 10.8. The van der Waals surface area contributed by atoms with Crippen LogP contribution in [-0.2, 0) is 4.79 Å². The normalized spacial score (nSPS) is 14.9. The average Bonchev–Trinajstić information content (AvgIpc) is 3.28. The second-order valence-corrected chi connectivity index (χ2v) is 10.6. The van der Waals surface area contributed by atoms with Crippen molar-refractivity contribution >= 4 is 29.0 Å². The van der Waals surface area contributed by atoms with Gasteiger partial charge in [0.1, 0.15) is 23.3 Å². The number of aromatic nitrogens is 1. The second kappa shape index (κ2) is 12.6. The van der Waals surface area contributed by atoms with Gasteiger partial charge in [-0.2, -0.15) is 0 Å². The van der Waals surface area contributed by atoms with E-state index in [-0.39, 0.29) is 17.2 Å². The highest BCUT2D eigenvalue weighted by molar-refractivity contribution is 7.07. The summed E-state index contributed by atoms with van der Waals surface area (Å²) in [5.41, 5.74) is 2.69. The molecular formula is C31H38N4O5S. The maximum Gasteiger partial charge on any atom is 0.271 e. The van der Waals surface area contributed by atoms with Crippen LogP contribution in [-0.4, -0.2) is 60.9 Å². The Morgan fingerprint density at radius 3 is 2.34 bits per heavy atom. The molecule has 0 radical (unpaired) electrons. The van der Waals surface area contributed by atoms with E-state index in [4.69, 9.17) is 14.5 Å². The van der Waals surface area contributed by atoms with Crippen LogP contribution in [0.4, 0.5) is 5.69 Å². The summed E-state index contributed by atoms with van der Waals surface area (Å²) in [6.07, 6.45) is 1.68. The molecule has 218 valence electrons. The molecule has 0 saturated heterocycles. The Hall–Kier alpha value is -4.05. The third-order valence-electron chi connectivity index (χ3n) is 7.46. The number of anilines is 1. The lowest BCUT2D eigenvalue weighted by Gasteiger charge is -2.30. The van der Waals surface area contributed by atoms with Crippen LogP contribution in [0.2, 0.25) is 0 Å². The van der Waals surface area contributed by atoms with Gasteiger partial charge in [-0.15, -0.1) is 0 Å². The van der Waals surface area contributed by atoms with E-state index in [0.29, 0.717) is 56.3 Å². The number of hydrogen-bond donors (Lipinski definition) is 1. The van der Waals surface area contributed by atoms with Crippen molar-refractivity contribution < 1.29 is 19.4 Å². The van der Waals surface area contributed by atoms with Crippen LogP contribution >= 0.6 is 11.3 Å². The van der Waals surface area contributed by atoms with Crippen molar-refractivity contribution in [1.29, 1.82) is 0 Å². The van der Waals surface area contributed by atoms with Gasteiger partial charge in [0.2, 0.25) is 0 Å². The maximum atomic E-state index is 14.1. The van der Waals surface area contributed by atoms with Crippen molar-refractivity contribution in [3.63, 3.8) is 0 Å². The monoisotopic (exact) mass is 578 g/mol. The molecule has 2 heterocycles. The van der Waals surface area contributed by atoms with Gasteiger partial charge >= 0.3 is 0 Å². The number of ether oxygens (including phenoxy) is 2. The standard InChI is InChI=1S/C31H38N4O5S/c1-8-33(9-2)21-13-12-20(24(36)17-21)16-26-29(37)35-28(23-18-22(39-6)14-15-25(23)40-7)27(19(5)32-31(35)41-26)30(38)34(10-3)11-4/h12-18,28,36H,8-11H2,1-7H3/b26-16+/t28-/m1/s1. The van der Waals surface area contributed by atoms with Gasteiger partial charge in [-0.3, -0.25) is 14.2 Å². The number of aromatic hydroxyl groups is 1. The van der Waals surface area contributed by atoms with Crippen LogP contribution in [0.5, 0.6) is 17.2 Å². The third kappa shape index (κ3) is 5.61. The lowest BCUT2D eigenvalue weighted by Crippen LogP contribution is -2.43. The number of methoxy groups -OCH3 is 2. The van der Waals surface area contributed by atoms with Crippen molar-refractivity contribution in [1.82, 2.24) is 9.47 Å². The summed E-state index contributed by atoms with van der Waals surface area (Å²) >= 11 is 1.22. The molecule has 0 aliphatic carbocycles. The minimum atomic E-state index is -0.787. The van der Waals surface area contributed by atoms with Gasteiger partial charge in [0.25, 0.3) is 11.5 Å². The summed E-state index contributed by atoms with van der Waals surface area (Å²) in [6, 6.07) is 10.0. The highest BCUT2D eigenvalue weighted by Gasteiger charge is 2.36. The van der Waals surface area contributed by atoms with Crippen molar-refractivity contribution in [3.8, 4) is 17.2 Å². The minimum absolute atomic E-state index is 0.0832. The summed E-state index contributed by atoms with van der Waals surface area (Å²) in [5.74, 6) is 0.991. The Bertz CT molecular complexity index is 1650. The summed E-state index contributed by atoms with van der Waals surface area (Å²) in [4.78, 5) is 37.0. The van der Waals surface area contributed by atoms with Crippen molar-refractivity contribution in [3.05, 3.63) is 78.5 Å². The van der Waals surface area contributed by atoms with Crippen LogP contribution in [0.25, 0.3) is 6.08 Å². The Balaban J connectivity index is 1.97. The van der Waals surface area contributed by atoms with E-state index in [1.807, 2.05) is 26.0 Å². The molecule has 0 fully saturated rings. The molecule has 1 aromatic heterocycles. The average molecular weight is 579 g/mol. The quantitative estimate of drug-likeness (QED) is 0.395. The van der Waals surface area contributed by atoms with Crippen LogP contribution in [0.15, 0.2) is 57.5 Å². The number of rotatable bonds is 10. The molecule has 0 spiro atoms. The molecule has 0 unspecified atom stereocenters. The number of amides is 1. The predicted octanol–water partition coefficient (Wildman–Crippen LogP) is 3.67. The maximum absolute atomic E-state index is 14.1. The van der Waals surface area contributed by atoms with Crippen LogP contribution in [0.1, 0.15) is 51.8 Å². The van der Waals surface area contributed by atoms with E-state index in [1.165, 1.54) is 11.3 Å². The number of thiazole rings is 1. The summed E-state index contributed by atoms with van der Waals surface area (Å²) < 4.78 is 13.2. The molecule has 41 heavy (non-hydrogen) atoms. The zero-order valence-corrected chi connectivity index (χ0v) is 25.5. The van der Waals surface area contributed by atoms with E-state index in [1.54, 1.807) is 61.0 Å². The number of carbonyl (C=O) groups is 1. The smallest absolute Gasteiger partial charge is 0.271 e. The fourth-order valence-electron chi connectivity index (χ4n) is 5.20.